The van der Waals surface area contributed by atoms with Crippen LogP contribution in [0.25, 0.3) is 0 Å². The van der Waals surface area contributed by atoms with Gasteiger partial charge < -0.3 is 9.31 Å². The van der Waals surface area contributed by atoms with Crippen LogP contribution in [0.3, 0.4) is 0 Å². The summed E-state index contributed by atoms with van der Waals surface area (Å²) >= 11 is 0. The van der Waals surface area contributed by atoms with Gasteiger partial charge >= 0.3 is 7.12 Å². The van der Waals surface area contributed by atoms with E-state index in [9.17, 15) is 4.79 Å². The lowest BCUT2D eigenvalue weighted by molar-refractivity contribution is 0.112. The first-order valence-corrected chi connectivity index (χ1v) is 4.18. The molecule has 1 aromatic rings. The molecular formula is C9H9BO3. The highest BCUT2D eigenvalue weighted by Gasteiger charge is 2.25. The quantitative estimate of drug-likeness (QED) is 0.478. The molecule has 0 aliphatic carbocycles. The van der Waals surface area contributed by atoms with Crippen molar-refractivity contribution in [3.8, 4) is 0 Å². The van der Waals surface area contributed by atoms with Crippen LogP contribution in [0.5, 0.6) is 0 Å². The lowest BCUT2D eigenvalue weighted by atomic mass is 9.79. The smallest absolute Gasteiger partial charge is 0.405 e. The van der Waals surface area contributed by atoms with Gasteiger partial charge in [-0.3, -0.25) is 4.79 Å². The lowest BCUT2D eigenvalue weighted by Gasteiger charge is -2.03. The molecule has 0 unspecified atom stereocenters. The third-order valence-corrected chi connectivity index (χ3v) is 1.94. The summed E-state index contributed by atoms with van der Waals surface area (Å²) in [5, 5.41) is 0. The van der Waals surface area contributed by atoms with Crippen molar-refractivity contribution in [3.63, 3.8) is 0 Å². The van der Waals surface area contributed by atoms with Gasteiger partial charge in [-0.1, -0.05) is 24.3 Å². The van der Waals surface area contributed by atoms with Gasteiger partial charge in [0.2, 0.25) is 0 Å². The molecule has 13 heavy (non-hydrogen) atoms. The van der Waals surface area contributed by atoms with Crippen molar-refractivity contribution in [1.82, 2.24) is 0 Å². The van der Waals surface area contributed by atoms with E-state index < -0.39 is 0 Å². The third-order valence-electron chi connectivity index (χ3n) is 1.94. The first kappa shape index (κ1) is 8.47. The van der Waals surface area contributed by atoms with Crippen molar-refractivity contribution in [2.45, 2.75) is 0 Å². The van der Waals surface area contributed by atoms with E-state index in [1.54, 1.807) is 12.1 Å². The summed E-state index contributed by atoms with van der Waals surface area (Å²) in [5.41, 5.74) is 1.55. The first-order valence-electron chi connectivity index (χ1n) is 4.18. The average Bonchev–Trinajstić information content (AvgIpc) is 2.71. The maximum Gasteiger partial charge on any atom is 0.494 e. The number of carbonyl (C=O) groups excluding carboxylic acids is 1. The van der Waals surface area contributed by atoms with Crippen LogP contribution in [0.4, 0.5) is 0 Å². The molecule has 2 rings (SSSR count). The molecule has 1 aromatic carbocycles. The van der Waals surface area contributed by atoms with Gasteiger partial charge in [-0.15, -0.1) is 0 Å². The SMILES string of the molecule is O=Cc1cccc(B2OCCO2)c1. The van der Waals surface area contributed by atoms with E-state index >= 15 is 0 Å². The minimum Gasteiger partial charge on any atom is -0.405 e. The number of rotatable bonds is 2. The number of hydrogen-bond donors (Lipinski definition) is 0. The van der Waals surface area contributed by atoms with Gasteiger partial charge in [-0.25, -0.2) is 0 Å². The summed E-state index contributed by atoms with van der Waals surface area (Å²) in [7, 11) is -0.292. The zero-order valence-electron chi connectivity index (χ0n) is 7.10. The lowest BCUT2D eigenvalue weighted by Crippen LogP contribution is -2.31. The van der Waals surface area contributed by atoms with Gasteiger partial charge in [-0.2, -0.15) is 0 Å². The van der Waals surface area contributed by atoms with Gasteiger partial charge in [-0.05, 0) is 5.46 Å². The van der Waals surface area contributed by atoms with Crippen LogP contribution in [0.15, 0.2) is 24.3 Å². The van der Waals surface area contributed by atoms with Crippen molar-refractivity contribution in [2.75, 3.05) is 13.2 Å². The number of benzene rings is 1. The maximum absolute atomic E-state index is 10.5. The molecule has 0 amide bonds. The van der Waals surface area contributed by atoms with Crippen molar-refractivity contribution in [1.29, 1.82) is 0 Å². The van der Waals surface area contributed by atoms with Gasteiger partial charge in [0.05, 0.1) is 13.2 Å². The standard InChI is InChI=1S/C9H9BO3/c11-7-8-2-1-3-9(6-8)10-12-4-5-13-10/h1-3,6-7H,4-5H2. The summed E-state index contributed by atoms with van der Waals surface area (Å²) in [6.45, 7) is 1.24. The van der Waals surface area contributed by atoms with Crippen LogP contribution >= 0.6 is 0 Å². The zero-order chi connectivity index (χ0) is 9.10. The van der Waals surface area contributed by atoms with Crippen molar-refractivity contribution in [3.05, 3.63) is 29.8 Å². The molecule has 0 radical (unpaired) electrons. The highest BCUT2D eigenvalue weighted by molar-refractivity contribution is 6.61. The van der Waals surface area contributed by atoms with Gasteiger partial charge in [0.1, 0.15) is 6.29 Å². The Bertz CT molecular complexity index is 307. The molecule has 0 bridgehead atoms. The number of hydrogen-bond acceptors (Lipinski definition) is 3. The highest BCUT2D eigenvalue weighted by Crippen LogP contribution is 2.01. The second-order valence-corrected chi connectivity index (χ2v) is 2.86. The van der Waals surface area contributed by atoms with Crippen LogP contribution in [0.1, 0.15) is 10.4 Å². The first-order chi connectivity index (χ1) is 6.40. The highest BCUT2D eigenvalue weighted by atomic mass is 16.6. The van der Waals surface area contributed by atoms with E-state index in [1.165, 1.54) is 0 Å². The van der Waals surface area contributed by atoms with Gasteiger partial charge in [0.15, 0.2) is 0 Å². The second-order valence-electron chi connectivity index (χ2n) is 2.86. The molecule has 4 heteroatoms. The molecule has 0 saturated carbocycles. The molecular weight excluding hydrogens is 167 g/mol. The number of aldehydes is 1. The molecule has 3 nitrogen and oxygen atoms in total. The van der Waals surface area contributed by atoms with Crippen LogP contribution in [0, 0.1) is 0 Å². The average molecular weight is 176 g/mol. The summed E-state index contributed by atoms with van der Waals surface area (Å²) in [6, 6.07) is 7.25. The molecule has 0 aromatic heterocycles. The van der Waals surface area contributed by atoms with Crippen LogP contribution in [0.2, 0.25) is 0 Å². The molecule has 1 heterocycles. The fourth-order valence-corrected chi connectivity index (χ4v) is 1.33. The van der Waals surface area contributed by atoms with E-state index in [4.69, 9.17) is 9.31 Å². The summed E-state index contributed by atoms with van der Waals surface area (Å²) < 4.78 is 10.6. The fraction of sp³-hybridized carbons (Fsp3) is 0.222. The minimum absolute atomic E-state index is 0.292. The zero-order valence-corrected chi connectivity index (χ0v) is 7.10. The van der Waals surface area contributed by atoms with E-state index in [0.29, 0.717) is 18.8 Å². The Balaban J connectivity index is 2.23. The Morgan fingerprint density at radius 3 is 2.77 bits per heavy atom. The monoisotopic (exact) mass is 176 g/mol. The molecule has 0 N–H and O–H groups in total. The van der Waals surface area contributed by atoms with E-state index in [1.807, 2.05) is 12.1 Å². The molecule has 1 aliphatic heterocycles. The van der Waals surface area contributed by atoms with Gasteiger partial charge in [0.25, 0.3) is 0 Å². The summed E-state index contributed by atoms with van der Waals surface area (Å²) in [5.74, 6) is 0. The molecule has 66 valence electrons. The topological polar surface area (TPSA) is 35.5 Å². The fourth-order valence-electron chi connectivity index (χ4n) is 1.33. The summed E-state index contributed by atoms with van der Waals surface area (Å²) in [4.78, 5) is 10.5. The van der Waals surface area contributed by atoms with Crippen LogP contribution in [-0.4, -0.2) is 26.6 Å². The largest absolute Gasteiger partial charge is 0.494 e. The van der Waals surface area contributed by atoms with Crippen molar-refractivity contribution in [2.24, 2.45) is 0 Å². The molecule has 1 fully saturated rings. The molecule has 1 aliphatic rings. The predicted molar refractivity (Wildman–Crippen MR) is 49.1 cm³/mol. The third kappa shape index (κ3) is 1.79. The van der Waals surface area contributed by atoms with E-state index in [-0.39, 0.29) is 7.12 Å². The Morgan fingerprint density at radius 2 is 2.08 bits per heavy atom. The maximum atomic E-state index is 10.5. The van der Waals surface area contributed by atoms with Crippen LogP contribution < -0.4 is 5.46 Å². The number of carbonyl (C=O) groups is 1. The molecule has 0 spiro atoms. The van der Waals surface area contributed by atoms with E-state index in [0.717, 1.165) is 11.7 Å². The normalized spacial score (nSPS) is 16.2. The Kier molecular flexibility index (Phi) is 2.43. The second kappa shape index (κ2) is 3.72. The van der Waals surface area contributed by atoms with Crippen molar-refractivity contribution >= 4 is 18.9 Å². The Morgan fingerprint density at radius 1 is 1.31 bits per heavy atom. The Hall–Kier alpha value is -1.13. The van der Waals surface area contributed by atoms with Crippen LogP contribution in [-0.2, 0) is 9.31 Å². The Labute approximate surface area is 76.8 Å². The predicted octanol–water partition coefficient (Wildman–Crippen LogP) is 0.241. The summed E-state index contributed by atoms with van der Waals surface area (Å²) in [6.07, 6.45) is 0.818. The van der Waals surface area contributed by atoms with E-state index in [2.05, 4.69) is 0 Å². The van der Waals surface area contributed by atoms with Gasteiger partial charge in [0, 0.05) is 5.56 Å². The minimum atomic E-state index is -0.292. The molecule has 0 atom stereocenters. The molecule has 1 saturated heterocycles. The van der Waals surface area contributed by atoms with Crippen molar-refractivity contribution < 1.29 is 14.1 Å².